The Kier molecular flexibility index (Phi) is 5.94. The molecule has 0 aliphatic carbocycles. The van der Waals surface area contributed by atoms with Gasteiger partial charge < -0.3 is 0 Å². The van der Waals surface area contributed by atoms with Gasteiger partial charge >= 0.3 is 8.26 Å². The summed E-state index contributed by atoms with van der Waals surface area (Å²) in [5.41, 5.74) is 1.66. The molecule has 0 aliphatic heterocycles. The van der Waals surface area contributed by atoms with Crippen molar-refractivity contribution in [1.29, 1.82) is 0 Å². The highest BCUT2D eigenvalue weighted by molar-refractivity contribution is 8.31. The van der Waals surface area contributed by atoms with Gasteiger partial charge in [-0.25, -0.2) is 0 Å². The molecule has 0 aromatic heterocycles. The van der Waals surface area contributed by atoms with Crippen LogP contribution in [0.2, 0.25) is 0 Å². The van der Waals surface area contributed by atoms with Crippen LogP contribution in [0.15, 0.2) is 54.6 Å². The lowest BCUT2D eigenvalue weighted by atomic mass is 10.0. The number of para-hydroxylation sites is 1. The molecule has 0 bridgehead atoms. The molecule has 0 N–H and O–H groups in total. The zero-order valence-corrected chi connectivity index (χ0v) is 12.3. The maximum Gasteiger partial charge on any atom is 0.317 e. The average Bonchev–Trinajstić information content (AvgIpc) is 2.38. The van der Waals surface area contributed by atoms with Crippen LogP contribution in [0.3, 0.4) is 0 Å². The summed E-state index contributed by atoms with van der Waals surface area (Å²) >= 11 is 0. The van der Waals surface area contributed by atoms with Gasteiger partial charge in [0, 0.05) is 27.4 Å². The first kappa shape index (κ1) is 16.4. The van der Waals surface area contributed by atoms with Gasteiger partial charge in [0.15, 0.2) is 0 Å². The second kappa shape index (κ2) is 7.23. The summed E-state index contributed by atoms with van der Waals surface area (Å²) in [5, 5.41) is 10.8. The maximum atomic E-state index is 10.8. The van der Waals surface area contributed by atoms with Gasteiger partial charge in [0.05, 0.1) is 10.5 Å². The molecule has 0 fully saturated rings. The second-order valence-electron chi connectivity index (χ2n) is 3.52. The van der Waals surface area contributed by atoms with E-state index in [0.29, 0.717) is 5.56 Å². The highest BCUT2D eigenvalue weighted by Crippen LogP contribution is 2.28. The monoisotopic (exact) mass is 333 g/mol. The van der Waals surface area contributed by atoms with Crippen molar-refractivity contribution >= 4 is 35.3 Å². The highest BCUT2D eigenvalue weighted by atomic mass is 36.0. The summed E-state index contributed by atoms with van der Waals surface area (Å²) in [6.45, 7) is 0. The van der Waals surface area contributed by atoms with E-state index in [2.05, 4.69) is 21.4 Å². The summed E-state index contributed by atoms with van der Waals surface area (Å²) in [6, 6.07) is 16.1. The van der Waals surface area contributed by atoms with Crippen LogP contribution in [0.1, 0.15) is 0 Å². The first-order valence-corrected chi connectivity index (χ1v) is 8.35. The van der Waals surface area contributed by atoms with Crippen LogP contribution in [-0.4, -0.2) is 13.3 Å². The largest absolute Gasteiger partial charge is 0.317 e. The van der Waals surface area contributed by atoms with E-state index in [1.807, 2.05) is 30.3 Å². The van der Waals surface area contributed by atoms with Crippen LogP contribution in [0.5, 0.6) is 0 Å². The number of benzene rings is 2. The minimum atomic E-state index is -3.72. The fourth-order valence-electron chi connectivity index (χ4n) is 1.49. The first-order valence-electron chi connectivity index (χ1n) is 5.22. The smallest absolute Gasteiger partial charge is 0.258 e. The van der Waals surface area contributed by atoms with Crippen LogP contribution in [0.25, 0.3) is 11.1 Å². The Balaban J connectivity index is 0.000000347. The average molecular weight is 334 g/mol. The third-order valence-corrected chi connectivity index (χ3v) is 2.19. The lowest BCUT2D eigenvalue weighted by molar-refractivity contribution is -0.384. The Morgan fingerprint density at radius 2 is 1.35 bits per heavy atom. The van der Waals surface area contributed by atoms with E-state index in [-0.39, 0.29) is 10.6 Å². The van der Waals surface area contributed by atoms with E-state index in [1.165, 1.54) is 6.07 Å². The van der Waals surface area contributed by atoms with E-state index in [0.717, 1.165) is 5.56 Å². The van der Waals surface area contributed by atoms with Gasteiger partial charge in [-0.2, -0.15) is 8.42 Å². The number of hydrogen-bond donors (Lipinski definition) is 0. The summed E-state index contributed by atoms with van der Waals surface area (Å²) in [6.07, 6.45) is 0. The normalized spacial score (nSPS) is 10.3. The SMILES string of the molecule is O=S(=O)(Cl)Cl.O=[N+]([O-])c1ccccc1-c1ccccc1. The second-order valence-corrected chi connectivity index (χ2v) is 7.19. The molecule has 8 heteroatoms. The Morgan fingerprint density at radius 3 is 1.85 bits per heavy atom. The maximum absolute atomic E-state index is 10.8. The molecule has 5 nitrogen and oxygen atoms in total. The lowest BCUT2D eigenvalue weighted by Gasteiger charge is -2.01. The van der Waals surface area contributed by atoms with Crippen LogP contribution in [0.4, 0.5) is 5.69 Å². The number of halogens is 2. The zero-order valence-electron chi connectivity index (χ0n) is 9.94. The number of nitro benzene ring substituents is 1. The molecule has 2 rings (SSSR count). The molecule has 0 saturated carbocycles. The van der Waals surface area contributed by atoms with E-state index in [9.17, 15) is 10.1 Å². The topological polar surface area (TPSA) is 77.3 Å². The minimum absolute atomic E-state index is 0.142. The summed E-state index contributed by atoms with van der Waals surface area (Å²) in [4.78, 5) is 10.4. The Labute approximate surface area is 124 Å². The predicted octanol–water partition coefficient (Wildman–Crippen LogP) is 3.97. The number of nitro groups is 1. The van der Waals surface area contributed by atoms with E-state index >= 15 is 0 Å². The molecule has 106 valence electrons. The van der Waals surface area contributed by atoms with Crippen LogP contribution < -0.4 is 0 Å². The fourth-order valence-corrected chi connectivity index (χ4v) is 1.49. The van der Waals surface area contributed by atoms with Gasteiger partial charge in [-0.15, -0.1) is 0 Å². The van der Waals surface area contributed by atoms with Crippen molar-refractivity contribution in [2.75, 3.05) is 0 Å². The highest BCUT2D eigenvalue weighted by Gasteiger charge is 2.12. The Bertz CT molecular complexity index is 682. The first-order chi connectivity index (χ1) is 9.29. The molecule has 0 amide bonds. The van der Waals surface area contributed by atoms with Gasteiger partial charge in [0.25, 0.3) is 5.69 Å². The summed E-state index contributed by atoms with van der Waals surface area (Å²) in [7, 11) is 4.81. The van der Waals surface area contributed by atoms with Crippen molar-refractivity contribution in [1.82, 2.24) is 0 Å². The molecule has 0 aliphatic rings. The zero-order chi connectivity index (χ0) is 15.2. The van der Waals surface area contributed by atoms with E-state index < -0.39 is 8.26 Å². The molecule has 2 aromatic rings. The van der Waals surface area contributed by atoms with Gasteiger partial charge in [0.1, 0.15) is 0 Å². The van der Waals surface area contributed by atoms with Crippen molar-refractivity contribution in [2.24, 2.45) is 0 Å². The molecule has 0 unspecified atom stereocenters. The third-order valence-electron chi connectivity index (χ3n) is 2.19. The standard InChI is InChI=1S/C12H9NO2.Cl2O2S/c14-13(15)12-9-5-4-8-11(12)10-6-2-1-3-7-10;1-5(2,3)4/h1-9H;. The number of nitrogens with zero attached hydrogens (tertiary/aromatic N) is 1. The molecule has 0 spiro atoms. The molecule has 0 atom stereocenters. The Morgan fingerprint density at radius 1 is 0.900 bits per heavy atom. The van der Waals surface area contributed by atoms with Crippen molar-refractivity contribution in [3.05, 3.63) is 64.7 Å². The number of rotatable bonds is 2. The van der Waals surface area contributed by atoms with Crippen molar-refractivity contribution in [3.63, 3.8) is 0 Å². The molecule has 0 radical (unpaired) electrons. The molecular weight excluding hydrogens is 325 g/mol. The molecule has 2 aromatic carbocycles. The van der Waals surface area contributed by atoms with E-state index in [1.54, 1.807) is 18.2 Å². The third kappa shape index (κ3) is 6.01. The van der Waals surface area contributed by atoms with Gasteiger partial charge in [-0.05, 0) is 11.6 Å². The van der Waals surface area contributed by atoms with Crippen molar-refractivity contribution in [3.8, 4) is 11.1 Å². The fraction of sp³-hybridized carbons (Fsp3) is 0. The molecule has 20 heavy (non-hydrogen) atoms. The minimum Gasteiger partial charge on any atom is -0.258 e. The molecule has 0 heterocycles. The van der Waals surface area contributed by atoms with Crippen LogP contribution in [-0.2, 0) is 8.26 Å². The quantitative estimate of drug-likeness (QED) is 0.473. The van der Waals surface area contributed by atoms with Crippen molar-refractivity contribution < 1.29 is 13.3 Å². The van der Waals surface area contributed by atoms with Crippen LogP contribution in [0, 0.1) is 10.1 Å². The van der Waals surface area contributed by atoms with Crippen molar-refractivity contribution in [2.45, 2.75) is 0 Å². The molecular formula is C12H9Cl2NO4S. The van der Waals surface area contributed by atoms with Crippen LogP contribution >= 0.6 is 21.4 Å². The summed E-state index contributed by atoms with van der Waals surface area (Å²) < 4.78 is 18.3. The van der Waals surface area contributed by atoms with E-state index in [4.69, 9.17) is 8.42 Å². The Hall–Kier alpha value is -1.63. The van der Waals surface area contributed by atoms with Gasteiger partial charge in [0.2, 0.25) is 0 Å². The van der Waals surface area contributed by atoms with Gasteiger partial charge in [-0.3, -0.25) is 10.1 Å². The molecule has 0 saturated heterocycles. The van der Waals surface area contributed by atoms with Gasteiger partial charge in [-0.1, -0.05) is 42.5 Å². The summed E-state index contributed by atoms with van der Waals surface area (Å²) in [5.74, 6) is 0. The number of hydrogen-bond acceptors (Lipinski definition) is 4. The predicted molar refractivity (Wildman–Crippen MR) is 79.2 cm³/mol. The lowest BCUT2D eigenvalue weighted by Crippen LogP contribution is -1.90.